The Morgan fingerprint density at radius 3 is 2.39 bits per heavy atom. The minimum atomic E-state index is -0.954. The topological polar surface area (TPSA) is 64.4 Å². The third-order valence-electron chi connectivity index (χ3n) is 7.52. The van der Waals surface area contributed by atoms with Gasteiger partial charge in [-0.05, 0) is 54.5 Å². The van der Waals surface area contributed by atoms with E-state index in [1.807, 2.05) is 89.7 Å². The first kappa shape index (κ1) is 22.7. The maximum Gasteiger partial charge on any atom is 0.241 e. The molecule has 1 aromatic heterocycles. The summed E-state index contributed by atoms with van der Waals surface area (Å²) < 4.78 is 7.91. The van der Waals surface area contributed by atoms with Crippen LogP contribution in [0.25, 0.3) is 10.9 Å². The fourth-order valence-electron chi connectivity index (χ4n) is 5.63. The van der Waals surface area contributed by atoms with E-state index in [0.717, 1.165) is 53.5 Å². The number of likely N-dealkylation sites (tertiary alicyclic amines) is 1. The zero-order valence-corrected chi connectivity index (χ0v) is 20.2. The number of benzene rings is 3. The van der Waals surface area contributed by atoms with Gasteiger partial charge in [-0.25, -0.2) is 4.68 Å². The summed E-state index contributed by atoms with van der Waals surface area (Å²) in [6.07, 6.45) is 5.55. The molecule has 0 radical (unpaired) electrons. The van der Waals surface area contributed by atoms with Gasteiger partial charge in [0.2, 0.25) is 11.8 Å². The summed E-state index contributed by atoms with van der Waals surface area (Å²) in [5, 5.41) is 5.58. The molecule has 3 aromatic carbocycles. The predicted molar refractivity (Wildman–Crippen MR) is 137 cm³/mol. The first-order valence-electron chi connectivity index (χ1n) is 12.7. The third kappa shape index (κ3) is 4.01. The number of aromatic nitrogens is 2. The molecule has 0 saturated carbocycles. The molecular weight excluding hydrogens is 450 g/mol. The zero-order valence-electron chi connectivity index (χ0n) is 20.2. The summed E-state index contributed by atoms with van der Waals surface area (Å²) in [7, 11) is 0. The summed E-state index contributed by atoms with van der Waals surface area (Å²) in [5.41, 5.74) is 2.87. The molecule has 0 spiro atoms. The molecular formula is C30H29N3O3. The van der Waals surface area contributed by atoms with Crippen LogP contribution >= 0.6 is 0 Å². The number of carbonyl (C=O) groups excluding carboxylic acids is 2. The highest BCUT2D eigenvalue weighted by Gasteiger charge is 2.52. The Morgan fingerprint density at radius 2 is 1.67 bits per heavy atom. The van der Waals surface area contributed by atoms with Crippen molar-refractivity contribution in [3.63, 3.8) is 0 Å². The van der Waals surface area contributed by atoms with Crippen LogP contribution in [-0.2, 0) is 32.7 Å². The molecule has 2 amide bonds. The summed E-state index contributed by atoms with van der Waals surface area (Å²) in [5.74, 6) is -0.270. The van der Waals surface area contributed by atoms with Crippen molar-refractivity contribution in [1.82, 2.24) is 14.7 Å². The number of carbonyl (C=O) groups is 2. The van der Waals surface area contributed by atoms with Crippen molar-refractivity contribution in [2.45, 2.75) is 50.3 Å². The van der Waals surface area contributed by atoms with Crippen molar-refractivity contribution in [2.24, 2.45) is 0 Å². The molecule has 2 aliphatic rings. The van der Waals surface area contributed by atoms with Gasteiger partial charge in [0, 0.05) is 18.4 Å². The van der Waals surface area contributed by atoms with Crippen LogP contribution in [0.4, 0.5) is 0 Å². The Hall–Kier alpha value is -3.77. The molecule has 36 heavy (non-hydrogen) atoms. The minimum absolute atomic E-state index is 0.0589. The van der Waals surface area contributed by atoms with Crippen LogP contribution in [0.15, 0.2) is 85.1 Å². The Balaban J connectivity index is 1.40. The van der Waals surface area contributed by atoms with E-state index in [-0.39, 0.29) is 31.0 Å². The van der Waals surface area contributed by atoms with E-state index in [2.05, 4.69) is 5.10 Å². The van der Waals surface area contributed by atoms with Gasteiger partial charge < -0.3 is 4.74 Å². The molecule has 6 rings (SSSR count). The summed E-state index contributed by atoms with van der Waals surface area (Å²) >= 11 is 0. The molecule has 182 valence electrons. The van der Waals surface area contributed by atoms with Crippen LogP contribution < -0.4 is 0 Å². The van der Waals surface area contributed by atoms with Crippen molar-refractivity contribution >= 4 is 22.7 Å². The van der Waals surface area contributed by atoms with Crippen LogP contribution in [0.3, 0.4) is 0 Å². The van der Waals surface area contributed by atoms with Crippen LogP contribution in [0.5, 0.6) is 0 Å². The van der Waals surface area contributed by atoms with Crippen molar-refractivity contribution < 1.29 is 14.3 Å². The van der Waals surface area contributed by atoms with E-state index in [1.165, 1.54) is 4.90 Å². The first-order valence-corrected chi connectivity index (χ1v) is 12.7. The number of rotatable bonds is 6. The highest BCUT2D eigenvalue weighted by molar-refractivity contribution is 6.09. The molecule has 0 aliphatic carbocycles. The van der Waals surface area contributed by atoms with E-state index in [0.29, 0.717) is 6.42 Å². The van der Waals surface area contributed by atoms with Gasteiger partial charge in [0.25, 0.3) is 0 Å². The SMILES string of the molecule is O=C1C[C@](Cc2ccccc2)(c2ccc3c(cnn3[C@@H]3CCCCO3)c2)C(=O)N1Cc1ccccc1. The first-order chi connectivity index (χ1) is 17.6. The largest absolute Gasteiger partial charge is 0.356 e. The number of amides is 2. The van der Waals surface area contributed by atoms with Gasteiger partial charge in [-0.2, -0.15) is 5.10 Å². The van der Waals surface area contributed by atoms with Gasteiger partial charge in [0.15, 0.2) is 6.23 Å². The van der Waals surface area contributed by atoms with Gasteiger partial charge in [-0.3, -0.25) is 14.5 Å². The number of imide groups is 1. The maximum absolute atomic E-state index is 14.1. The molecule has 2 atom stereocenters. The third-order valence-corrected chi connectivity index (χ3v) is 7.52. The van der Waals surface area contributed by atoms with Crippen molar-refractivity contribution in [2.75, 3.05) is 6.61 Å². The van der Waals surface area contributed by atoms with Crippen LogP contribution in [0.1, 0.15) is 48.6 Å². The second kappa shape index (κ2) is 9.36. The monoisotopic (exact) mass is 479 g/mol. The molecule has 0 N–H and O–H groups in total. The quantitative estimate of drug-likeness (QED) is 0.358. The Morgan fingerprint density at radius 1 is 0.917 bits per heavy atom. The highest BCUT2D eigenvalue weighted by atomic mass is 16.5. The molecule has 2 saturated heterocycles. The number of fused-ring (bicyclic) bond motifs is 1. The lowest BCUT2D eigenvalue weighted by atomic mass is 9.74. The fourth-order valence-corrected chi connectivity index (χ4v) is 5.63. The normalized spacial score (nSPS) is 22.4. The maximum atomic E-state index is 14.1. The van der Waals surface area contributed by atoms with Crippen LogP contribution in [0, 0.1) is 0 Å². The lowest BCUT2D eigenvalue weighted by molar-refractivity contribution is -0.140. The van der Waals surface area contributed by atoms with E-state index < -0.39 is 5.41 Å². The second-order valence-electron chi connectivity index (χ2n) is 9.88. The van der Waals surface area contributed by atoms with Crippen molar-refractivity contribution in [3.8, 4) is 0 Å². The molecule has 2 aliphatic heterocycles. The van der Waals surface area contributed by atoms with Gasteiger partial charge in [0.05, 0.1) is 23.7 Å². The summed E-state index contributed by atoms with van der Waals surface area (Å²) in [4.78, 5) is 28.8. The smallest absolute Gasteiger partial charge is 0.241 e. The van der Waals surface area contributed by atoms with Crippen molar-refractivity contribution in [3.05, 3.63) is 102 Å². The molecule has 4 aromatic rings. The molecule has 2 fully saturated rings. The molecule has 6 nitrogen and oxygen atoms in total. The summed E-state index contributed by atoms with van der Waals surface area (Å²) in [6.45, 7) is 1.03. The summed E-state index contributed by atoms with van der Waals surface area (Å²) in [6, 6.07) is 25.7. The minimum Gasteiger partial charge on any atom is -0.356 e. The van der Waals surface area contributed by atoms with Crippen LogP contribution in [0.2, 0.25) is 0 Å². The molecule has 0 bridgehead atoms. The second-order valence-corrected chi connectivity index (χ2v) is 9.88. The lowest BCUT2D eigenvalue weighted by Gasteiger charge is -2.28. The number of hydrogen-bond acceptors (Lipinski definition) is 4. The molecule has 3 heterocycles. The van der Waals surface area contributed by atoms with E-state index >= 15 is 0 Å². The zero-order chi connectivity index (χ0) is 24.5. The Bertz CT molecular complexity index is 1390. The Kier molecular flexibility index (Phi) is 5.89. The van der Waals surface area contributed by atoms with Gasteiger partial charge in [0.1, 0.15) is 0 Å². The fraction of sp³-hybridized carbons (Fsp3) is 0.300. The van der Waals surface area contributed by atoms with Gasteiger partial charge >= 0.3 is 0 Å². The lowest BCUT2D eigenvalue weighted by Crippen LogP contribution is -2.40. The Labute approximate surface area is 210 Å². The average Bonchev–Trinajstić information content (AvgIpc) is 3.45. The average molecular weight is 480 g/mol. The number of hydrogen-bond donors (Lipinski definition) is 0. The van der Waals surface area contributed by atoms with E-state index in [1.54, 1.807) is 0 Å². The molecule has 6 heteroatoms. The number of nitrogens with zero attached hydrogens (tertiary/aromatic N) is 3. The standard InChI is InChI=1S/C30H29N3O3/c34-27-19-30(18-22-9-3-1-4-10-22,29(35)32(27)21-23-11-5-2-6-12-23)25-14-15-26-24(17-25)20-31-33(26)28-13-7-8-16-36-28/h1-6,9-12,14-15,17,20,28H,7-8,13,16,18-19,21H2/t28-,30+/m0/s1. The predicted octanol–water partition coefficient (Wildman–Crippen LogP) is 5.18. The van der Waals surface area contributed by atoms with Gasteiger partial charge in [-0.15, -0.1) is 0 Å². The van der Waals surface area contributed by atoms with E-state index in [9.17, 15) is 9.59 Å². The highest BCUT2D eigenvalue weighted by Crippen LogP contribution is 2.41. The van der Waals surface area contributed by atoms with Crippen LogP contribution in [-0.4, -0.2) is 33.1 Å². The molecule has 0 unspecified atom stereocenters. The van der Waals surface area contributed by atoms with E-state index in [4.69, 9.17) is 4.74 Å². The number of ether oxygens (including phenoxy) is 1. The van der Waals surface area contributed by atoms with Crippen molar-refractivity contribution in [1.29, 1.82) is 0 Å². The van der Waals surface area contributed by atoms with Gasteiger partial charge in [-0.1, -0.05) is 66.7 Å².